The number of benzene rings is 1. The van der Waals surface area contributed by atoms with E-state index in [2.05, 4.69) is 31.3 Å². The minimum atomic E-state index is 0.454. The lowest BCUT2D eigenvalue weighted by Gasteiger charge is -2.11. The maximum absolute atomic E-state index is 5.57. The number of hydrogen-bond acceptors (Lipinski definition) is 2. The van der Waals surface area contributed by atoms with Crippen molar-refractivity contribution in [1.82, 2.24) is 5.32 Å². The van der Waals surface area contributed by atoms with Crippen molar-refractivity contribution in [1.29, 1.82) is 0 Å². The van der Waals surface area contributed by atoms with Gasteiger partial charge in [0.2, 0.25) is 0 Å². The van der Waals surface area contributed by atoms with E-state index in [0.29, 0.717) is 6.00 Å². The first-order chi connectivity index (χ1) is 6.69. The number of aryl methyl sites for hydroxylation is 2. The van der Waals surface area contributed by atoms with Gasteiger partial charge < -0.3 is 4.74 Å². The van der Waals surface area contributed by atoms with Crippen molar-refractivity contribution in [3.63, 3.8) is 0 Å². The van der Waals surface area contributed by atoms with Crippen LogP contribution in [-0.2, 0) is 6.54 Å². The quantitative estimate of drug-likeness (QED) is 0.613. The van der Waals surface area contributed by atoms with Gasteiger partial charge in [0.25, 0.3) is 0 Å². The second-order valence-electron chi connectivity index (χ2n) is 3.31. The molecule has 0 aliphatic rings. The Morgan fingerprint density at radius 3 is 2.50 bits per heavy atom. The van der Waals surface area contributed by atoms with Crippen LogP contribution in [0.4, 0.5) is 0 Å². The van der Waals surface area contributed by atoms with Crippen LogP contribution in [0.25, 0.3) is 0 Å². The molecule has 0 aliphatic carbocycles. The van der Waals surface area contributed by atoms with E-state index in [1.807, 2.05) is 0 Å². The number of hydrogen-bond donors (Lipinski definition) is 1. The van der Waals surface area contributed by atoms with Crippen molar-refractivity contribution in [2.75, 3.05) is 13.1 Å². The van der Waals surface area contributed by atoms with Crippen LogP contribution in [0.2, 0.25) is 0 Å². The highest BCUT2D eigenvalue weighted by Crippen LogP contribution is 2.22. The molecule has 1 rings (SSSR count). The number of halogens is 1. The molecule has 1 N–H and O–H groups in total. The Kier molecular flexibility index (Phi) is 4.23. The summed E-state index contributed by atoms with van der Waals surface area (Å²) in [6.07, 6.45) is 0. The van der Waals surface area contributed by atoms with Crippen molar-refractivity contribution in [2.45, 2.75) is 20.4 Å². The predicted molar refractivity (Wildman–Crippen MR) is 60.0 cm³/mol. The maximum Gasteiger partial charge on any atom is 0.123 e. The Morgan fingerprint density at radius 2 is 1.93 bits per heavy atom. The molecule has 3 heteroatoms. The minimum Gasteiger partial charge on any atom is -0.496 e. The average molecular weight is 214 g/mol. The molecule has 0 heterocycles. The van der Waals surface area contributed by atoms with Gasteiger partial charge in [-0.15, -0.1) is 11.6 Å². The monoisotopic (exact) mass is 213 g/mol. The van der Waals surface area contributed by atoms with Gasteiger partial charge in [0.1, 0.15) is 5.75 Å². The summed E-state index contributed by atoms with van der Waals surface area (Å²) in [5.41, 5.74) is 3.67. The normalized spacial score (nSPS) is 10.3. The number of alkyl halides is 1. The summed E-state index contributed by atoms with van der Waals surface area (Å²) in [6, 6.07) is 4.64. The first-order valence-electron chi connectivity index (χ1n) is 4.59. The van der Waals surface area contributed by atoms with Crippen LogP contribution >= 0.6 is 11.6 Å². The third-order valence-electron chi connectivity index (χ3n) is 2.31. The summed E-state index contributed by atoms with van der Waals surface area (Å²) in [6.45, 7) is 4.92. The van der Waals surface area contributed by atoms with E-state index in [1.54, 1.807) is 7.11 Å². The van der Waals surface area contributed by atoms with Gasteiger partial charge in [-0.2, -0.15) is 0 Å². The van der Waals surface area contributed by atoms with Crippen LogP contribution in [0.5, 0.6) is 5.75 Å². The Balaban J connectivity index is 2.95. The van der Waals surface area contributed by atoms with Crippen LogP contribution < -0.4 is 10.1 Å². The van der Waals surface area contributed by atoms with Gasteiger partial charge in [0, 0.05) is 12.1 Å². The van der Waals surface area contributed by atoms with Gasteiger partial charge in [0.15, 0.2) is 0 Å². The molecule has 1 aromatic carbocycles. The lowest BCUT2D eigenvalue weighted by Crippen LogP contribution is -2.11. The highest BCUT2D eigenvalue weighted by Gasteiger charge is 2.04. The standard InChI is InChI=1S/C11H16ClNO/c1-8-4-10(6-13-7-12)11(14-3)5-9(8)2/h4-5,13H,6-7H2,1-3H3. The Bertz CT molecular complexity index is 312. The van der Waals surface area contributed by atoms with Crippen LogP contribution in [0.1, 0.15) is 16.7 Å². The second-order valence-corrected chi connectivity index (χ2v) is 3.58. The van der Waals surface area contributed by atoms with E-state index >= 15 is 0 Å². The summed E-state index contributed by atoms with van der Waals surface area (Å²) in [5, 5.41) is 3.07. The molecule has 0 fully saturated rings. The van der Waals surface area contributed by atoms with Crippen LogP contribution in [0.3, 0.4) is 0 Å². The van der Waals surface area contributed by atoms with Crippen molar-refractivity contribution in [3.8, 4) is 5.75 Å². The molecule has 0 spiro atoms. The lowest BCUT2D eigenvalue weighted by atomic mass is 10.1. The van der Waals surface area contributed by atoms with E-state index in [0.717, 1.165) is 17.9 Å². The Hall–Kier alpha value is -0.730. The van der Waals surface area contributed by atoms with E-state index in [1.165, 1.54) is 11.1 Å². The third kappa shape index (κ3) is 2.63. The summed E-state index contributed by atoms with van der Waals surface area (Å²) < 4.78 is 5.30. The summed E-state index contributed by atoms with van der Waals surface area (Å²) in [7, 11) is 1.69. The average Bonchev–Trinajstić information content (AvgIpc) is 2.19. The largest absolute Gasteiger partial charge is 0.496 e. The number of ether oxygens (including phenoxy) is 1. The predicted octanol–water partition coefficient (Wildman–Crippen LogP) is 2.60. The zero-order chi connectivity index (χ0) is 10.6. The lowest BCUT2D eigenvalue weighted by molar-refractivity contribution is 0.408. The van der Waals surface area contributed by atoms with Crippen molar-refractivity contribution in [2.24, 2.45) is 0 Å². The van der Waals surface area contributed by atoms with Gasteiger partial charge in [-0.05, 0) is 31.0 Å². The highest BCUT2D eigenvalue weighted by molar-refractivity contribution is 6.17. The minimum absolute atomic E-state index is 0.454. The molecule has 0 unspecified atom stereocenters. The fraction of sp³-hybridized carbons (Fsp3) is 0.455. The number of methoxy groups -OCH3 is 1. The molecule has 0 bridgehead atoms. The molecular formula is C11H16ClNO. The number of nitrogens with one attached hydrogen (secondary N) is 1. The van der Waals surface area contributed by atoms with E-state index in [4.69, 9.17) is 16.3 Å². The molecule has 0 radical (unpaired) electrons. The molecule has 0 saturated carbocycles. The van der Waals surface area contributed by atoms with Crippen LogP contribution in [0, 0.1) is 13.8 Å². The first kappa shape index (κ1) is 11.3. The van der Waals surface area contributed by atoms with Crippen LogP contribution in [-0.4, -0.2) is 13.1 Å². The first-order valence-corrected chi connectivity index (χ1v) is 5.13. The van der Waals surface area contributed by atoms with E-state index < -0.39 is 0 Å². The summed E-state index contributed by atoms with van der Waals surface area (Å²) >= 11 is 5.57. The fourth-order valence-corrected chi connectivity index (χ4v) is 1.45. The van der Waals surface area contributed by atoms with Crippen LogP contribution in [0.15, 0.2) is 12.1 Å². The topological polar surface area (TPSA) is 21.3 Å². The highest BCUT2D eigenvalue weighted by atomic mass is 35.5. The Morgan fingerprint density at radius 1 is 1.29 bits per heavy atom. The molecule has 0 saturated heterocycles. The van der Waals surface area contributed by atoms with Crippen molar-refractivity contribution in [3.05, 3.63) is 28.8 Å². The summed E-state index contributed by atoms with van der Waals surface area (Å²) in [4.78, 5) is 0. The summed E-state index contributed by atoms with van der Waals surface area (Å²) in [5.74, 6) is 0.922. The van der Waals surface area contributed by atoms with E-state index in [9.17, 15) is 0 Å². The number of rotatable bonds is 4. The SMILES string of the molecule is COc1cc(C)c(C)cc1CNCCl. The molecule has 0 atom stereocenters. The van der Waals surface area contributed by atoms with Gasteiger partial charge in [-0.1, -0.05) is 6.07 Å². The van der Waals surface area contributed by atoms with Gasteiger partial charge >= 0.3 is 0 Å². The molecule has 0 aromatic heterocycles. The molecular weight excluding hydrogens is 198 g/mol. The zero-order valence-electron chi connectivity index (χ0n) is 8.86. The smallest absolute Gasteiger partial charge is 0.123 e. The van der Waals surface area contributed by atoms with Crippen molar-refractivity contribution < 1.29 is 4.74 Å². The fourth-order valence-electron chi connectivity index (χ4n) is 1.36. The molecule has 14 heavy (non-hydrogen) atoms. The zero-order valence-corrected chi connectivity index (χ0v) is 9.61. The van der Waals surface area contributed by atoms with E-state index in [-0.39, 0.29) is 0 Å². The molecule has 0 aliphatic heterocycles. The second kappa shape index (κ2) is 5.23. The third-order valence-corrected chi connectivity index (χ3v) is 2.50. The van der Waals surface area contributed by atoms with Gasteiger partial charge in [-0.3, -0.25) is 5.32 Å². The Labute approximate surface area is 90.2 Å². The van der Waals surface area contributed by atoms with Gasteiger partial charge in [0.05, 0.1) is 13.1 Å². The maximum atomic E-state index is 5.57. The molecule has 78 valence electrons. The molecule has 0 amide bonds. The van der Waals surface area contributed by atoms with Crippen molar-refractivity contribution >= 4 is 11.6 Å². The van der Waals surface area contributed by atoms with Gasteiger partial charge in [-0.25, -0.2) is 0 Å². The molecule has 2 nitrogen and oxygen atoms in total. The molecule has 1 aromatic rings.